The van der Waals surface area contributed by atoms with Crippen LogP contribution in [0.2, 0.25) is 0 Å². The van der Waals surface area contributed by atoms with Gasteiger partial charge in [-0.25, -0.2) is 0 Å². The molecule has 110 valence electrons. The highest BCUT2D eigenvalue weighted by Gasteiger charge is 2.26. The highest BCUT2D eigenvalue weighted by atomic mass is 127. The number of carbonyl (C=O) groups is 1. The minimum absolute atomic E-state index is 0.0794. The Balaban J connectivity index is 1.93. The first-order valence-electron chi connectivity index (χ1n) is 7.27. The third-order valence-electron chi connectivity index (χ3n) is 3.93. The summed E-state index contributed by atoms with van der Waals surface area (Å²) in [5.74, 6) is 0.838. The molecule has 1 aromatic carbocycles. The van der Waals surface area contributed by atoms with Gasteiger partial charge in [-0.2, -0.15) is 0 Å². The second-order valence-corrected chi connectivity index (χ2v) is 6.70. The van der Waals surface area contributed by atoms with Gasteiger partial charge in [0.05, 0.1) is 0 Å². The minimum Gasteiger partial charge on any atom is -0.481 e. The third-order valence-corrected chi connectivity index (χ3v) is 4.60. The molecule has 0 saturated heterocycles. The molecule has 20 heavy (non-hydrogen) atoms. The molecule has 4 heteroatoms. The van der Waals surface area contributed by atoms with E-state index in [1.165, 1.54) is 19.3 Å². The van der Waals surface area contributed by atoms with Crippen molar-refractivity contribution in [2.75, 3.05) is 7.05 Å². The average Bonchev–Trinajstić information content (AvgIpc) is 2.46. The van der Waals surface area contributed by atoms with E-state index in [9.17, 15) is 4.79 Å². The molecule has 2 rings (SSSR count). The van der Waals surface area contributed by atoms with E-state index in [0.29, 0.717) is 6.04 Å². The van der Waals surface area contributed by atoms with E-state index in [2.05, 4.69) is 22.6 Å². The van der Waals surface area contributed by atoms with E-state index >= 15 is 0 Å². The van der Waals surface area contributed by atoms with Crippen LogP contribution >= 0.6 is 22.6 Å². The van der Waals surface area contributed by atoms with Gasteiger partial charge < -0.3 is 9.64 Å². The molecule has 0 bridgehead atoms. The van der Waals surface area contributed by atoms with Crippen molar-refractivity contribution in [3.8, 4) is 5.75 Å². The van der Waals surface area contributed by atoms with Crippen molar-refractivity contribution in [2.24, 2.45) is 0 Å². The first kappa shape index (κ1) is 15.6. The largest absolute Gasteiger partial charge is 0.481 e. The van der Waals surface area contributed by atoms with Gasteiger partial charge in [0.2, 0.25) is 0 Å². The molecule has 0 heterocycles. The minimum atomic E-state index is -0.430. The SMILES string of the molecule is CC(Oc1cccc(I)c1)C(=O)N(C)C1CCCCC1. The molecule has 0 aliphatic heterocycles. The molecule has 0 aromatic heterocycles. The molecule has 1 aliphatic carbocycles. The number of halogens is 1. The van der Waals surface area contributed by atoms with Gasteiger partial charge in [0.1, 0.15) is 5.75 Å². The summed E-state index contributed by atoms with van der Waals surface area (Å²) in [6.45, 7) is 1.83. The summed E-state index contributed by atoms with van der Waals surface area (Å²) >= 11 is 2.24. The number of amides is 1. The number of nitrogens with zero attached hydrogens (tertiary/aromatic N) is 1. The summed E-state index contributed by atoms with van der Waals surface area (Å²) in [6, 6.07) is 8.18. The fraction of sp³-hybridized carbons (Fsp3) is 0.562. The molecule has 1 unspecified atom stereocenters. The van der Waals surface area contributed by atoms with Crippen molar-refractivity contribution in [3.05, 3.63) is 27.8 Å². The zero-order chi connectivity index (χ0) is 14.5. The summed E-state index contributed by atoms with van der Waals surface area (Å²) in [6.07, 6.45) is 5.58. The quantitative estimate of drug-likeness (QED) is 0.735. The Labute approximate surface area is 134 Å². The van der Waals surface area contributed by atoms with Crippen molar-refractivity contribution >= 4 is 28.5 Å². The molecule has 0 spiro atoms. The highest BCUT2D eigenvalue weighted by Crippen LogP contribution is 2.23. The number of benzene rings is 1. The van der Waals surface area contributed by atoms with Crippen LogP contribution in [0.1, 0.15) is 39.0 Å². The molecule has 1 saturated carbocycles. The van der Waals surface area contributed by atoms with E-state index in [1.54, 1.807) is 0 Å². The summed E-state index contributed by atoms with van der Waals surface area (Å²) < 4.78 is 6.88. The van der Waals surface area contributed by atoms with Crippen LogP contribution in [0.5, 0.6) is 5.75 Å². The number of hydrogen-bond acceptors (Lipinski definition) is 2. The van der Waals surface area contributed by atoms with Crippen molar-refractivity contribution in [1.29, 1.82) is 0 Å². The third kappa shape index (κ3) is 4.11. The predicted molar refractivity (Wildman–Crippen MR) is 88.9 cm³/mol. The van der Waals surface area contributed by atoms with Crippen LogP contribution in [0.3, 0.4) is 0 Å². The van der Waals surface area contributed by atoms with Crippen molar-refractivity contribution < 1.29 is 9.53 Å². The Hall–Kier alpha value is -0.780. The number of hydrogen-bond donors (Lipinski definition) is 0. The number of likely N-dealkylation sites (N-methyl/N-ethyl adjacent to an activating group) is 1. The van der Waals surface area contributed by atoms with Crippen LogP contribution in [-0.2, 0) is 4.79 Å². The van der Waals surface area contributed by atoms with Gasteiger partial charge in [-0.15, -0.1) is 0 Å². The standard InChI is InChI=1S/C16H22INO2/c1-12(20-15-10-6-7-13(17)11-15)16(19)18(2)14-8-4-3-5-9-14/h6-7,10-12,14H,3-5,8-9H2,1-2H3. The lowest BCUT2D eigenvalue weighted by Crippen LogP contribution is -2.44. The smallest absolute Gasteiger partial charge is 0.263 e. The molecule has 0 N–H and O–H groups in total. The lowest BCUT2D eigenvalue weighted by molar-refractivity contribution is -0.139. The summed E-state index contributed by atoms with van der Waals surface area (Å²) in [7, 11) is 1.91. The summed E-state index contributed by atoms with van der Waals surface area (Å²) in [5, 5.41) is 0. The van der Waals surface area contributed by atoms with Gasteiger partial charge in [-0.05, 0) is 60.6 Å². The number of rotatable bonds is 4. The van der Waals surface area contributed by atoms with Crippen molar-refractivity contribution in [1.82, 2.24) is 4.90 Å². The maximum atomic E-state index is 12.4. The van der Waals surface area contributed by atoms with Gasteiger partial charge in [0.15, 0.2) is 6.10 Å². The Kier molecular flexibility index (Phi) is 5.69. The van der Waals surface area contributed by atoms with Gasteiger partial charge >= 0.3 is 0 Å². The van der Waals surface area contributed by atoms with E-state index in [4.69, 9.17) is 4.74 Å². The zero-order valence-corrected chi connectivity index (χ0v) is 14.3. The predicted octanol–water partition coefficient (Wildman–Crippen LogP) is 3.85. The Morgan fingerprint density at radius 2 is 2.05 bits per heavy atom. The number of carbonyl (C=O) groups excluding carboxylic acids is 1. The molecule has 1 aromatic rings. The van der Waals surface area contributed by atoms with E-state index in [1.807, 2.05) is 43.1 Å². The summed E-state index contributed by atoms with van der Waals surface area (Å²) in [4.78, 5) is 14.3. The Bertz CT molecular complexity index is 458. The average molecular weight is 387 g/mol. The van der Waals surface area contributed by atoms with Gasteiger partial charge in [0.25, 0.3) is 5.91 Å². The van der Waals surface area contributed by atoms with Crippen molar-refractivity contribution in [3.63, 3.8) is 0 Å². The number of ether oxygens (including phenoxy) is 1. The molecule has 1 fully saturated rings. The topological polar surface area (TPSA) is 29.5 Å². The fourth-order valence-electron chi connectivity index (χ4n) is 2.73. The normalized spacial score (nSPS) is 17.6. The fourth-order valence-corrected chi connectivity index (χ4v) is 3.24. The first-order chi connectivity index (χ1) is 9.58. The second kappa shape index (κ2) is 7.29. The highest BCUT2D eigenvalue weighted by molar-refractivity contribution is 14.1. The molecule has 3 nitrogen and oxygen atoms in total. The Morgan fingerprint density at radius 1 is 1.35 bits per heavy atom. The van der Waals surface area contributed by atoms with Crippen LogP contribution in [0.15, 0.2) is 24.3 Å². The van der Waals surface area contributed by atoms with Crippen LogP contribution in [0.25, 0.3) is 0 Å². The lowest BCUT2D eigenvalue weighted by atomic mass is 9.94. The van der Waals surface area contributed by atoms with Gasteiger partial charge in [-0.3, -0.25) is 4.79 Å². The molecular weight excluding hydrogens is 365 g/mol. The molecular formula is C16H22INO2. The maximum absolute atomic E-state index is 12.4. The van der Waals surface area contributed by atoms with Gasteiger partial charge in [-0.1, -0.05) is 25.3 Å². The van der Waals surface area contributed by atoms with E-state index < -0.39 is 6.10 Å². The van der Waals surface area contributed by atoms with Crippen molar-refractivity contribution in [2.45, 2.75) is 51.2 Å². The first-order valence-corrected chi connectivity index (χ1v) is 8.34. The molecule has 1 aliphatic rings. The summed E-state index contributed by atoms with van der Waals surface area (Å²) in [5.41, 5.74) is 0. The lowest BCUT2D eigenvalue weighted by Gasteiger charge is -2.32. The van der Waals surface area contributed by atoms with Crippen LogP contribution in [0.4, 0.5) is 0 Å². The molecule has 1 atom stereocenters. The van der Waals surface area contributed by atoms with Crippen LogP contribution in [0, 0.1) is 3.57 Å². The second-order valence-electron chi connectivity index (χ2n) is 5.46. The van der Waals surface area contributed by atoms with E-state index in [-0.39, 0.29) is 5.91 Å². The van der Waals surface area contributed by atoms with E-state index in [0.717, 1.165) is 22.2 Å². The monoisotopic (exact) mass is 387 g/mol. The zero-order valence-electron chi connectivity index (χ0n) is 12.1. The van der Waals surface area contributed by atoms with Gasteiger partial charge in [0, 0.05) is 16.7 Å². The molecule has 0 radical (unpaired) electrons. The molecule has 1 amide bonds. The van der Waals surface area contributed by atoms with Crippen LogP contribution < -0.4 is 4.74 Å². The maximum Gasteiger partial charge on any atom is 0.263 e. The Morgan fingerprint density at radius 3 is 2.70 bits per heavy atom. The van der Waals surface area contributed by atoms with Crippen LogP contribution in [-0.4, -0.2) is 30.0 Å².